The van der Waals surface area contributed by atoms with Crippen molar-refractivity contribution in [2.45, 2.75) is 204 Å². The highest BCUT2D eigenvalue weighted by Gasteiger charge is 2.70. The number of nitrogens with two attached hydrogens (primary N) is 1. The predicted molar refractivity (Wildman–Crippen MR) is 357 cm³/mol. The van der Waals surface area contributed by atoms with Crippen LogP contribution in [-0.4, -0.2) is 157 Å². The van der Waals surface area contributed by atoms with Crippen molar-refractivity contribution in [3.8, 4) is 34.5 Å². The molecule has 4 aliphatic heterocycles. The van der Waals surface area contributed by atoms with Crippen molar-refractivity contribution in [3.05, 3.63) is 80.9 Å². The fraction of sp³-hybridized carbons (Fsp3) is 0.645. The van der Waals surface area contributed by atoms with Gasteiger partial charge in [0.2, 0.25) is 24.0 Å². The quantitative estimate of drug-likeness (QED) is 0.0501. The van der Waals surface area contributed by atoms with Gasteiger partial charge in [-0.1, -0.05) is 111 Å². The van der Waals surface area contributed by atoms with Gasteiger partial charge in [0, 0.05) is 23.5 Å². The number of carbonyl (C=O) groups is 2. The number of methoxy groups -OCH3 is 6. The number of halogens is 5. The van der Waals surface area contributed by atoms with Crippen molar-refractivity contribution < 1.29 is 91.0 Å². The number of fused-ring (bicyclic) bond motifs is 2. The molecular formula is C62H95ClF4N6O18Si4. The summed E-state index contributed by atoms with van der Waals surface area (Å²) in [6.07, 6.45) is -7.18. The van der Waals surface area contributed by atoms with Gasteiger partial charge in [-0.05, 0) is 92.3 Å². The Labute approximate surface area is 562 Å². The molecule has 95 heavy (non-hydrogen) atoms. The minimum absolute atomic E-state index is 0.0133. The van der Waals surface area contributed by atoms with Crippen LogP contribution in [0.25, 0.3) is 0 Å². The SMILES string of the molecule is CC(C)[Si]1(C(C)C)OC[C@H]2O[C@@H](n3ccc(N)nc3=O)C(F)(F)[C@H]2O[Si](C(C)C)(C(C)C)O1.COc1cc(C(=O)Cl)cc(OC)c1OC.COc1cc(C(=O)Nc2ccn([C@@H]3O[C@@H]4CO[Si](C(C)C)(C(C)C)O[Si](C(C)C)(C(C)C)O[C@@H]4C3(F)F)c(=O)n2)cc(OC)c1OC. The molecule has 4 fully saturated rings. The van der Waals surface area contributed by atoms with Crippen LogP contribution in [0.5, 0.6) is 34.5 Å². The Kier molecular flexibility index (Phi) is 25.7. The van der Waals surface area contributed by atoms with Crippen LogP contribution in [0, 0.1) is 0 Å². The van der Waals surface area contributed by atoms with Crippen molar-refractivity contribution in [2.75, 3.05) is 66.9 Å². The summed E-state index contributed by atoms with van der Waals surface area (Å²) >= 11 is 5.37. The summed E-state index contributed by atoms with van der Waals surface area (Å²) < 4.78 is 149. The van der Waals surface area contributed by atoms with Gasteiger partial charge < -0.3 is 74.9 Å². The van der Waals surface area contributed by atoms with Crippen LogP contribution < -0.4 is 50.9 Å². The lowest BCUT2D eigenvalue weighted by atomic mass is 10.1. The Balaban J connectivity index is 0.000000256. The van der Waals surface area contributed by atoms with Gasteiger partial charge in [0.05, 0.1) is 55.9 Å². The second-order valence-electron chi connectivity index (χ2n) is 26.0. The van der Waals surface area contributed by atoms with E-state index in [0.717, 1.165) is 10.8 Å². The first-order chi connectivity index (χ1) is 44.3. The summed E-state index contributed by atoms with van der Waals surface area (Å²) in [5.41, 5.74) is 3.59. The van der Waals surface area contributed by atoms with E-state index in [1.807, 2.05) is 83.1 Å². The van der Waals surface area contributed by atoms with E-state index in [-0.39, 0.29) is 86.2 Å². The molecule has 0 spiro atoms. The van der Waals surface area contributed by atoms with Crippen molar-refractivity contribution in [3.63, 3.8) is 0 Å². The van der Waals surface area contributed by atoms with E-state index in [1.165, 1.54) is 85.3 Å². The summed E-state index contributed by atoms with van der Waals surface area (Å²) in [6.45, 7) is 31.7. The van der Waals surface area contributed by atoms with E-state index in [1.54, 1.807) is 0 Å². The van der Waals surface area contributed by atoms with Crippen LogP contribution in [0.15, 0.2) is 58.4 Å². The van der Waals surface area contributed by atoms with Crippen LogP contribution in [0.3, 0.4) is 0 Å². The van der Waals surface area contributed by atoms with Crippen LogP contribution >= 0.6 is 11.6 Å². The van der Waals surface area contributed by atoms with Crippen molar-refractivity contribution >= 4 is 68.6 Å². The molecule has 0 aliphatic carbocycles. The zero-order valence-corrected chi connectivity index (χ0v) is 63.0. The molecule has 4 aliphatic rings. The van der Waals surface area contributed by atoms with Crippen LogP contribution in [0.1, 0.15) is 144 Å². The summed E-state index contributed by atoms with van der Waals surface area (Å²) in [6, 6.07) is 8.38. The number of nitrogen functional groups attached to an aromatic ring is 1. The second-order valence-corrected chi connectivity index (χ2v) is 44.1. The van der Waals surface area contributed by atoms with Gasteiger partial charge in [0.25, 0.3) is 11.1 Å². The van der Waals surface area contributed by atoms with Gasteiger partial charge >= 0.3 is 57.5 Å². The summed E-state index contributed by atoms with van der Waals surface area (Å²) in [7, 11) is -3.85. The highest BCUT2D eigenvalue weighted by molar-refractivity contribution is 6.84. The first-order valence-corrected chi connectivity index (χ1v) is 39.7. The Morgan fingerprint density at radius 3 is 1.16 bits per heavy atom. The van der Waals surface area contributed by atoms with Gasteiger partial charge in [0.15, 0.2) is 23.0 Å². The maximum absolute atomic E-state index is 16.4. The molecule has 6 heterocycles. The number of nitrogens with zero attached hydrogens (tertiary/aromatic N) is 4. The fourth-order valence-corrected chi connectivity index (χ4v) is 35.1. The molecule has 8 rings (SSSR count). The molecule has 0 saturated carbocycles. The summed E-state index contributed by atoms with van der Waals surface area (Å²) in [4.78, 5) is 57.1. The Morgan fingerprint density at radius 2 is 0.863 bits per heavy atom. The first kappa shape index (κ1) is 78.5. The van der Waals surface area contributed by atoms with Gasteiger partial charge in [-0.3, -0.25) is 18.7 Å². The zero-order valence-electron chi connectivity index (χ0n) is 58.2. The number of hydrogen-bond donors (Lipinski definition) is 2. The first-order valence-electron chi connectivity index (χ1n) is 31.5. The van der Waals surface area contributed by atoms with E-state index in [0.29, 0.717) is 33.1 Å². The summed E-state index contributed by atoms with van der Waals surface area (Å²) in [5, 5.41) is 1.94. The Bertz CT molecular complexity index is 3360. The fourth-order valence-electron chi connectivity index (χ4n) is 12.6. The number of anilines is 2. The molecule has 24 nitrogen and oxygen atoms in total. The number of alkyl halides is 4. The number of aromatic nitrogens is 4. The number of amides is 1. The van der Waals surface area contributed by atoms with Crippen molar-refractivity contribution in [1.29, 1.82) is 0 Å². The molecule has 0 radical (unpaired) electrons. The number of benzene rings is 2. The number of rotatable bonds is 19. The lowest BCUT2D eigenvalue weighted by Gasteiger charge is -2.51. The van der Waals surface area contributed by atoms with Crippen LogP contribution in [0.4, 0.5) is 29.2 Å². The molecule has 2 aromatic carbocycles. The largest absolute Gasteiger partial charge is 0.493 e. The summed E-state index contributed by atoms with van der Waals surface area (Å²) in [5.74, 6) is -5.99. The third-order valence-electron chi connectivity index (χ3n) is 17.6. The van der Waals surface area contributed by atoms with E-state index in [9.17, 15) is 19.2 Å². The normalized spacial score (nSPS) is 23.1. The monoisotopic (exact) mass is 1430 g/mol. The minimum Gasteiger partial charge on any atom is -0.493 e. The third-order valence-corrected chi connectivity index (χ3v) is 38.3. The Morgan fingerprint density at radius 1 is 0.537 bits per heavy atom. The lowest BCUT2D eigenvalue weighted by Crippen LogP contribution is -2.66. The molecule has 1 amide bonds. The van der Waals surface area contributed by atoms with Gasteiger partial charge in [-0.2, -0.15) is 27.5 Å². The van der Waals surface area contributed by atoms with Crippen LogP contribution in [0.2, 0.25) is 44.3 Å². The number of carbonyl (C=O) groups excluding carboxylic acids is 2. The molecule has 0 bridgehead atoms. The van der Waals surface area contributed by atoms with E-state index in [4.69, 9.17) is 81.2 Å². The van der Waals surface area contributed by atoms with Gasteiger partial charge in [-0.15, -0.1) is 0 Å². The van der Waals surface area contributed by atoms with Crippen LogP contribution in [-0.2, 0) is 35.4 Å². The Hall–Kier alpha value is -5.50. The zero-order chi connectivity index (χ0) is 71.4. The molecule has 4 saturated heterocycles. The standard InChI is InChI=1S/C31H47F2N3O9Si2.C21H37F2N3O5Si2.C10H11ClO4/c1-17(2)46(18(3)4)42-16-24-27(44-47(45-46,19(5)6)20(7)8)31(32,33)29(43-24)36-13-12-25(35-30(36)38)34-28(37)21-14-22(39-9)26(41-11)23(15-21)40-10;1-12(2)32(13(3)4)28-11-16-18(30-33(31-32,14(5)6)15(7)8)21(22,23)19(29-16)26-10-9-17(24)25-20(26)27;1-13-7-4-6(10(11)12)5-8(14-2)9(7)15-3/h12-15,17-20,24,27,29H,16H2,1-11H3,(H,34,35,37,38);9-10,12-16,18-19H,11H2,1-8H3,(H2,24,25,27);4-5H,1-3H3/t24-,27+,29-;16-,18+,19-;/m11./s1. The van der Waals surface area contributed by atoms with Gasteiger partial charge in [0.1, 0.15) is 36.1 Å². The second kappa shape index (κ2) is 31.1. The highest BCUT2D eigenvalue weighted by atomic mass is 35.5. The topological polar surface area (TPSA) is 271 Å². The molecular weight excluding hydrogens is 1340 g/mol. The molecule has 6 atom stereocenters. The lowest BCUT2D eigenvalue weighted by molar-refractivity contribution is -0.140. The van der Waals surface area contributed by atoms with Gasteiger partial charge in [-0.25, -0.2) is 9.59 Å². The molecule has 2 aromatic heterocycles. The average Bonchev–Trinajstić information content (AvgIpc) is 1.66. The maximum atomic E-state index is 16.4. The molecule has 3 N–H and O–H groups in total. The number of hydrogen-bond acceptors (Lipinski definition) is 21. The van der Waals surface area contributed by atoms with E-state index < -0.39 is 105 Å². The number of ether oxygens (including phenoxy) is 8. The maximum Gasteiger partial charge on any atom is 0.351 e. The average molecular weight is 1440 g/mol. The minimum atomic E-state index is -3.65. The molecule has 532 valence electrons. The molecule has 4 aromatic rings. The third kappa shape index (κ3) is 15.5. The number of nitrogens with one attached hydrogen (secondary N) is 1. The van der Waals surface area contributed by atoms with Crippen molar-refractivity contribution in [1.82, 2.24) is 19.1 Å². The van der Waals surface area contributed by atoms with E-state index >= 15 is 17.6 Å². The molecule has 33 heteroatoms. The highest BCUT2D eigenvalue weighted by Crippen LogP contribution is 2.55. The smallest absolute Gasteiger partial charge is 0.351 e. The van der Waals surface area contributed by atoms with Crippen molar-refractivity contribution in [2.24, 2.45) is 0 Å². The van der Waals surface area contributed by atoms with E-state index in [2.05, 4.69) is 43.0 Å². The predicted octanol–water partition coefficient (Wildman–Crippen LogP) is 12.4. The molecule has 0 unspecified atom stereocenters.